The largest absolute Gasteiger partial charge is 0.390 e. The van der Waals surface area contributed by atoms with E-state index in [2.05, 4.69) is 0 Å². The predicted octanol–water partition coefficient (Wildman–Crippen LogP) is -0.975. The standard InChI is InChI=1S/C3H9O5P.H3N/c1-2(4)3(5)9(6,7)8;/h2-5H,1H3,(H2,6,7,8);1H3/t2-,3+;/m0./s1. The minimum absolute atomic E-state index is 0. The molecule has 0 fully saturated rings. The first kappa shape index (κ1) is 12.7. The van der Waals surface area contributed by atoms with E-state index < -0.39 is 19.5 Å². The zero-order valence-electron chi connectivity index (χ0n) is 5.51. The third-order valence-corrected chi connectivity index (χ3v) is 1.90. The number of aliphatic hydroxyl groups excluding tert-OH is 2. The van der Waals surface area contributed by atoms with Crippen LogP contribution >= 0.6 is 7.60 Å². The molecule has 0 aromatic carbocycles. The highest BCUT2D eigenvalue weighted by Crippen LogP contribution is 2.40. The highest BCUT2D eigenvalue weighted by Gasteiger charge is 2.30. The maximum Gasteiger partial charge on any atom is 0.356 e. The maximum atomic E-state index is 10.1. The quantitative estimate of drug-likeness (QED) is 0.341. The molecule has 0 saturated heterocycles. The van der Waals surface area contributed by atoms with Gasteiger partial charge >= 0.3 is 7.60 Å². The fourth-order valence-electron chi connectivity index (χ4n) is 0.281. The minimum Gasteiger partial charge on any atom is -0.390 e. The predicted molar refractivity (Wildman–Crippen MR) is 34.8 cm³/mol. The molecule has 0 spiro atoms. The van der Waals surface area contributed by atoms with Gasteiger partial charge in [0.05, 0.1) is 6.10 Å². The molecule has 0 unspecified atom stereocenters. The van der Waals surface area contributed by atoms with Crippen molar-refractivity contribution in [2.45, 2.75) is 18.9 Å². The van der Waals surface area contributed by atoms with E-state index in [0.29, 0.717) is 0 Å². The fourth-order valence-corrected chi connectivity index (χ4v) is 0.843. The molecule has 0 aliphatic carbocycles. The highest BCUT2D eigenvalue weighted by atomic mass is 31.2. The van der Waals surface area contributed by atoms with Gasteiger partial charge in [0.1, 0.15) is 0 Å². The molecule has 0 saturated carbocycles. The maximum absolute atomic E-state index is 10.1. The van der Waals surface area contributed by atoms with Gasteiger partial charge in [0.2, 0.25) is 0 Å². The molecule has 2 atom stereocenters. The number of hydrogen-bond donors (Lipinski definition) is 5. The molecular formula is C3H12NO5P. The van der Waals surface area contributed by atoms with Gasteiger partial charge in [-0.1, -0.05) is 0 Å². The summed E-state index contributed by atoms with van der Waals surface area (Å²) in [6, 6.07) is 0. The third kappa shape index (κ3) is 3.94. The van der Waals surface area contributed by atoms with Crippen LogP contribution in [0.25, 0.3) is 0 Å². The zero-order chi connectivity index (χ0) is 7.65. The van der Waals surface area contributed by atoms with E-state index in [9.17, 15) is 4.57 Å². The Bertz CT molecular complexity index is 131. The van der Waals surface area contributed by atoms with Crippen LogP contribution in [-0.4, -0.2) is 31.9 Å². The normalized spacial score (nSPS) is 17.3. The van der Waals surface area contributed by atoms with Crippen LogP contribution in [0.5, 0.6) is 0 Å². The van der Waals surface area contributed by atoms with Crippen molar-refractivity contribution in [3.8, 4) is 0 Å². The summed E-state index contributed by atoms with van der Waals surface area (Å²) in [4.78, 5) is 16.3. The van der Waals surface area contributed by atoms with E-state index in [-0.39, 0.29) is 6.15 Å². The fraction of sp³-hybridized carbons (Fsp3) is 1.00. The molecule has 0 aliphatic rings. The van der Waals surface area contributed by atoms with Gasteiger partial charge in [-0.25, -0.2) is 0 Å². The molecule has 10 heavy (non-hydrogen) atoms. The molecule has 0 amide bonds. The second-order valence-electron chi connectivity index (χ2n) is 1.74. The van der Waals surface area contributed by atoms with Crippen LogP contribution in [0.4, 0.5) is 0 Å². The summed E-state index contributed by atoms with van der Waals surface area (Å²) < 4.78 is 10.1. The van der Waals surface area contributed by atoms with Crippen LogP contribution in [0.15, 0.2) is 0 Å². The van der Waals surface area contributed by atoms with E-state index in [0.717, 1.165) is 6.92 Å². The molecule has 0 bridgehead atoms. The summed E-state index contributed by atoms with van der Waals surface area (Å²) in [5.74, 6) is -1.96. The van der Waals surface area contributed by atoms with E-state index in [4.69, 9.17) is 20.0 Å². The summed E-state index contributed by atoms with van der Waals surface area (Å²) in [5.41, 5.74) is 0. The lowest BCUT2D eigenvalue weighted by molar-refractivity contribution is 0.0641. The van der Waals surface area contributed by atoms with E-state index in [1.54, 1.807) is 0 Å². The third-order valence-electron chi connectivity index (χ3n) is 0.776. The topological polar surface area (TPSA) is 133 Å². The minimum atomic E-state index is -4.51. The molecule has 0 aliphatic heterocycles. The monoisotopic (exact) mass is 173 g/mol. The van der Waals surface area contributed by atoms with Crippen molar-refractivity contribution in [2.75, 3.05) is 0 Å². The van der Waals surface area contributed by atoms with Crippen molar-refractivity contribution < 1.29 is 24.6 Å². The smallest absolute Gasteiger partial charge is 0.356 e. The Hall–Kier alpha value is 0.0300. The Labute approximate surface area is 58.2 Å². The average molecular weight is 173 g/mol. The van der Waals surface area contributed by atoms with Crippen molar-refractivity contribution in [2.24, 2.45) is 0 Å². The molecule has 7 N–H and O–H groups in total. The number of rotatable bonds is 2. The first-order valence-electron chi connectivity index (χ1n) is 2.27. The van der Waals surface area contributed by atoms with Crippen molar-refractivity contribution >= 4 is 7.60 Å². The summed E-state index contributed by atoms with van der Waals surface area (Å²) in [5, 5.41) is 16.9. The van der Waals surface area contributed by atoms with Crippen molar-refractivity contribution in [3.63, 3.8) is 0 Å². The Kier molecular flexibility index (Phi) is 5.10. The van der Waals surface area contributed by atoms with Crippen LogP contribution in [0.2, 0.25) is 0 Å². The SMILES string of the molecule is C[C@H](O)[C@H](O)P(=O)(O)O.N. The van der Waals surface area contributed by atoms with Gasteiger partial charge in [-0.15, -0.1) is 0 Å². The Balaban J connectivity index is 0. The lowest BCUT2D eigenvalue weighted by atomic mass is 10.4. The molecule has 6 nitrogen and oxygen atoms in total. The van der Waals surface area contributed by atoms with Gasteiger partial charge in [0.15, 0.2) is 5.85 Å². The molecule has 0 aromatic rings. The summed E-state index contributed by atoms with van der Waals surface area (Å²) in [6.07, 6.45) is -1.40. The van der Waals surface area contributed by atoms with Gasteiger partial charge in [0.25, 0.3) is 0 Å². The second kappa shape index (κ2) is 4.02. The molecule has 64 valence electrons. The molecule has 0 radical (unpaired) electrons. The molecule has 0 aromatic heterocycles. The lowest BCUT2D eigenvalue weighted by Gasteiger charge is -2.13. The van der Waals surface area contributed by atoms with Gasteiger partial charge in [-0.2, -0.15) is 0 Å². The number of aliphatic hydroxyl groups is 2. The molecule has 0 rings (SSSR count). The first-order valence-corrected chi connectivity index (χ1v) is 3.95. The van der Waals surface area contributed by atoms with Gasteiger partial charge < -0.3 is 26.2 Å². The van der Waals surface area contributed by atoms with Gasteiger partial charge in [-0.05, 0) is 6.92 Å². The van der Waals surface area contributed by atoms with Crippen molar-refractivity contribution in [3.05, 3.63) is 0 Å². The summed E-state index contributed by atoms with van der Waals surface area (Å²) >= 11 is 0. The van der Waals surface area contributed by atoms with Gasteiger partial charge in [-0.3, -0.25) is 4.57 Å². The second-order valence-corrected chi connectivity index (χ2v) is 3.45. The first-order chi connectivity index (χ1) is 3.85. The van der Waals surface area contributed by atoms with Crippen molar-refractivity contribution in [1.29, 1.82) is 0 Å². The summed E-state index contributed by atoms with van der Waals surface area (Å²) in [7, 11) is -4.51. The van der Waals surface area contributed by atoms with Crippen LogP contribution in [0.1, 0.15) is 6.92 Å². The molecule has 7 heteroatoms. The highest BCUT2D eigenvalue weighted by molar-refractivity contribution is 7.52. The lowest BCUT2D eigenvalue weighted by Crippen LogP contribution is -2.21. The average Bonchev–Trinajstić information content (AvgIpc) is 1.62. The van der Waals surface area contributed by atoms with Crippen LogP contribution < -0.4 is 6.15 Å². The molecule has 0 heterocycles. The zero-order valence-corrected chi connectivity index (χ0v) is 6.40. The van der Waals surface area contributed by atoms with E-state index in [1.807, 2.05) is 0 Å². The van der Waals surface area contributed by atoms with Crippen LogP contribution in [0.3, 0.4) is 0 Å². The van der Waals surface area contributed by atoms with Gasteiger partial charge in [0, 0.05) is 0 Å². The van der Waals surface area contributed by atoms with Crippen molar-refractivity contribution in [1.82, 2.24) is 6.15 Å². The Morgan fingerprint density at radius 1 is 1.30 bits per heavy atom. The summed E-state index contributed by atoms with van der Waals surface area (Å²) in [6.45, 7) is 1.10. The molecular weight excluding hydrogens is 161 g/mol. The van der Waals surface area contributed by atoms with Crippen LogP contribution in [0, 0.1) is 0 Å². The Morgan fingerprint density at radius 2 is 1.60 bits per heavy atom. The number of hydrogen-bond acceptors (Lipinski definition) is 4. The van der Waals surface area contributed by atoms with E-state index in [1.165, 1.54) is 0 Å². The Morgan fingerprint density at radius 3 is 1.60 bits per heavy atom. The van der Waals surface area contributed by atoms with Crippen LogP contribution in [-0.2, 0) is 4.57 Å². The van der Waals surface area contributed by atoms with E-state index >= 15 is 0 Å².